The van der Waals surface area contributed by atoms with Crippen LogP contribution in [0.3, 0.4) is 0 Å². The number of carbonyl (C=O) groups excluding carboxylic acids is 1. The molecule has 1 aliphatic rings. The molecule has 0 aliphatic carbocycles. The Labute approximate surface area is 129 Å². The lowest BCUT2D eigenvalue weighted by atomic mass is 9.85. The number of halogens is 1. The molecule has 1 aliphatic heterocycles. The first-order valence-corrected chi connectivity index (χ1v) is 7.41. The van der Waals surface area contributed by atoms with Crippen LogP contribution in [0.5, 0.6) is 0 Å². The second-order valence-electron chi connectivity index (χ2n) is 7.02. The van der Waals surface area contributed by atoms with E-state index in [0.717, 1.165) is 11.8 Å². The third kappa shape index (κ3) is 3.35. The first-order chi connectivity index (χ1) is 10.2. The van der Waals surface area contributed by atoms with Gasteiger partial charge in [-0.15, -0.1) is 0 Å². The highest BCUT2D eigenvalue weighted by Gasteiger charge is 2.43. The van der Waals surface area contributed by atoms with E-state index in [0.29, 0.717) is 13.1 Å². The number of carboxylic acid groups (broad SMARTS) is 1. The fraction of sp³-hybridized carbons (Fsp3) is 0.529. The number of aldehydes is 1. The van der Waals surface area contributed by atoms with Crippen molar-refractivity contribution in [2.24, 2.45) is 11.3 Å². The molecule has 2 rings (SSSR count). The van der Waals surface area contributed by atoms with Gasteiger partial charge in [-0.2, -0.15) is 0 Å². The molecule has 22 heavy (non-hydrogen) atoms. The molecule has 1 saturated heterocycles. The minimum Gasteiger partial charge on any atom is -0.480 e. The van der Waals surface area contributed by atoms with Crippen molar-refractivity contribution in [1.29, 1.82) is 0 Å². The molecule has 1 heterocycles. The maximum Gasteiger partial charge on any atom is 0.321 e. The minimum absolute atomic E-state index is 0.169. The van der Waals surface area contributed by atoms with E-state index in [1.807, 2.05) is 25.7 Å². The van der Waals surface area contributed by atoms with Crippen LogP contribution in [0.25, 0.3) is 0 Å². The summed E-state index contributed by atoms with van der Waals surface area (Å²) in [5, 5.41) is 9.54. The van der Waals surface area contributed by atoms with Gasteiger partial charge in [0.1, 0.15) is 18.1 Å². The van der Waals surface area contributed by atoms with E-state index in [4.69, 9.17) is 0 Å². The van der Waals surface area contributed by atoms with E-state index >= 15 is 0 Å². The molecule has 0 aromatic heterocycles. The molecule has 2 unspecified atom stereocenters. The highest BCUT2D eigenvalue weighted by atomic mass is 19.1. The summed E-state index contributed by atoms with van der Waals surface area (Å²) in [5.41, 5.74) is 0.300. The fourth-order valence-electron chi connectivity index (χ4n) is 3.37. The van der Waals surface area contributed by atoms with Crippen molar-refractivity contribution in [1.82, 2.24) is 4.90 Å². The van der Waals surface area contributed by atoms with E-state index < -0.39 is 17.4 Å². The zero-order valence-electron chi connectivity index (χ0n) is 13.1. The van der Waals surface area contributed by atoms with Gasteiger partial charge in [0, 0.05) is 24.9 Å². The van der Waals surface area contributed by atoms with Crippen LogP contribution in [0.15, 0.2) is 24.3 Å². The standard InChI is InChI=1S/C17H22FNO3/c1-17(2,3)15(16(21)22)19-8-12(10-20)14(9-19)11-5-4-6-13(18)7-11/h4-7,10,12,14-15H,8-9H2,1-3H3,(H,21,22)/t12?,14?,15-/m0/s1. The predicted octanol–water partition coefficient (Wildman–Crippen LogP) is 2.54. The molecular formula is C17H22FNO3. The van der Waals surface area contributed by atoms with Gasteiger partial charge >= 0.3 is 5.97 Å². The average Bonchev–Trinajstić information content (AvgIpc) is 2.80. The average molecular weight is 307 g/mol. The zero-order chi connectivity index (χ0) is 16.5. The Morgan fingerprint density at radius 1 is 1.41 bits per heavy atom. The summed E-state index contributed by atoms with van der Waals surface area (Å²) in [6.45, 7) is 6.45. The van der Waals surface area contributed by atoms with Crippen molar-refractivity contribution in [3.8, 4) is 0 Å². The van der Waals surface area contributed by atoms with Gasteiger partial charge in [-0.1, -0.05) is 32.9 Å². The van der Waals surface area contributed by atoms with Crippen LogP contribution in [0.4, 0.5) is 4.39 Å². The SMILES string of the molecule is CC(C)(C)[C@H](C(=O)O)N1CC(C=O)C(c2cccc(F)c2)C1. The Morgan fingerprint density at radius 3 is 2.59 bits per heavy atom. The van der Waals surface area contributed by atoms with E-state index in [9.17, 15) is 19.1 Å². The molecule has 3 atom stereocenters. The third-order valence-electron chi connectivity index (χ3n) is 4.26. The quantitative estimate of drug-likeness (QED) is 0.869. The normalized spacial score (nSPS) is 24.2. The molecule has 1 fully saturated rings. The summed E-state index contributed by atoms with van der Waals surface area (Å²) in [5.74, 6) is -1.72. The third-order valence-corrected chi connectivity index (χ3v) is 4.26. The van der Waals surface area contributed by atoms with E-state index in [2.05, 4.69) is 0 Å². The first-order valence-electron chi connectivity index (χ1n) is 7.41. The fourth-order valence-corrected chi connectivity index (χ4v) is 3.37. The number of carboxylic acids is 1. The minimum atomic E-state index is -0.892. The molecule has 0 spiro atoms. The first kappa shape index (κ1) is 16.6. The van der Waals surface area contributed by atoms with Gasteiger partial charge in [0.2, 0.25) is 0 Å². The van der Waals surface area contributed by atoms with Crippen molar-refractivity contribution in [3.05, 3.63) is 35.6 Å². The Kier molecular flexibility index (Phi) is 4.66. The second kappa shape index (κ2) is 6.16. The highest BCUT2D eigenvalue weighted by molar-refractivity contribution is 5.75. The number of nitrogens with zero attached hydrogens (tertiary/aromatic N) is 1. The number of aliphatic carboxylic acids is 1. The largest absolute Gasteiger partial charge is 0.480 e. The number of likely N-dealkylation sites (tertiary alicyclic amines) is 1. The zero-order valence-corrected chi connectivity index (χ0v) is 13.1. The van der Waals surface area contributed by atoms with Crippen LogP contribution >= 0.6 is 0 Å². The lowest BCUT2D eigenvalue weighted by Gasteiger charge is -2.34. The molecule has 1 N–H and O–H groups in total. The van der Waals surface area contributed by atoms with E-state index in [-0.39, 0.29) is 17.7 Å². The Morgan fingerprint density at radius 2 is 2.09 bits per heavy atom. The molecule has 4 nitrogen and oxygen atoms in total. The molecule has 0 saturated carbocycles. The van der Waals surface area contributed by atoms with Crippen LogP contribution in [-0.4, -0.2) is 41.4 Å². The molecule has 120 valence electrons. The summed E-state index contributed by atoms with van der Waals surface area (Å²) >= 11 is 0. The van der Waals surface area contributed by atoms with Gasteiger partial charge in [0.05, 0.1) is 0 Å². The lowest BCUT2D eigenvalue weighted by Crippen LogP contribution is -2.48. The number of hydrogen-bond acceptors (Lipinski definition) is 3. The van der Waals surface area contributed by atoms with Crippen molar-refractivity contribution >= 4 is 12.3 Å². The van der Waals surface area contributed by atoms with Gasteiger partial charge < -0.3 is 9.90 Å². The van der Waals surface area contributed by atoms with E-state index in [1.165, 1.54) is 12.1 Å². The maximum atomic E-state index is 13.4. The van der Waals surface area contributed by atoms with Gasteiger partial charge in [0.25, 0.3) is 0 Å². The van der Waals surface area contributed by atoms with Crippen LogP contribution in [0, 0.1) is 17.2 Å². The predicted molar refractivity (Wildman–Crippen MR) is 81.1 cm³/mol. The molecular weight excluding hydrogens is 285 g/mol. The monoisotopic (exact) mass is 307 g/mol. The van der Waals surface area contributed by atoms with Crippen LogP contribution in [0.2, 0.25) is 0 Å². The molecule has 0 radical (unpaired) electrons. The highest BCUT2D eigenvalue weighted by Crippen LogP contribution is 2.36. The summed E-state index contributed by atoms with van der Waals surface area (Å²) in [4.78, 5) is 24.9. The van der Waals surface area contributed by atoms with Gasteiger partial charge in [-0.25, -0.2) is 4.39 Å². The maximum absolute atomic E-state index is 13.4. The Bertz CT molecular complexity index is 567. The van der Waals surface area contributed by atoms with Crippen molar-refractivity contribution in [2.45, 2.75) is 32.7 Å². The number of hydrogen-bond donors (Lipinski definition) is 1. The van der Waals surface area contributed by atoms with Gasteiger partial charge in [-0.05, 0) is 23.1 Å². The molecule has 1 aromatic carbocycles. The number of rotatable bonds is 4. The molecule has 0 bridgehead atoms. The smallest absolute Gasteiger partial charge is 0.321 e. The Hall–Kier alpha value is -1.75. The summed E-state index contributed by atoms with van der Waals surface area (Å²) in [6.07, 6.45) is 0.858. The Balaban J connectivity index is 2.29. The molecule has 5 heteroatoms. The lowest BCUT2D eigenvalue weighted by molar-refractivity contribution is -0.147. The van der Waals surface area contributed by atoms with Gasteiger partial charge in [0.15, 0.2) is 0 Å². The van der Waals surface area contributed by atoms with Crippen LogP contribution in [0.1, 0.15) is 32.3 Å². The summed E-state index contributed by atoms with van der Waals surface area (Å²) in [6, 6.07) is 5.53. The number of benzene rings is 1. The summed E-state index contributed by atoms with van der Waals surface area (Å²) < 4.78 is 13.4. The summed E-state index contributed by atoms with van der Waals surface area (Å²) in [7, 11) is 0. The van der Waals surface area contributed by atoms with Crippen LogP contribution < -0.4 is 0 Å². The van der Waals surface area contributed by atoms with Crippen molar-refractivity contribution in [2.75, 3.05) is 13.1 Å². The van der Waals surface area contributed by atoms with Crippen LogP contribution in [-0.2, 0) is 9.59 Å². The van der Waals surface area contributed by atoms with Crippen molar-refractivity contribution < 1.29 is 19.1 Å². The second-order valence-corrected chi connectivity index (χ2v) is 7.02. The molecule has 0 amide bonds. The molecule has 1 aromatic rings. The topological polar surface area (TPSA) is 57.6 Å². The van der Waals surface area contributed by atoms with E-state index in [1.54, 1.807) is 12.1 Å². The van der Waals surface area contributed by atoms with Gasteiger partial charge in [-0.3, -0.25) is 9.69 Å². The van der Waals surface area contributed by atoms with Crippen molar-refractivity contribution in [3.63, 3.8) is 0 Å². The number of carbonyl (C=O) groups is 2.